The molecule has 116 valence electrons. The predicted octanol–water partition coefficient (Wildman–Crippen LogP) is 4.78. The predicted molar refractivity (Wildman–Crippen MR) is 91.3 cm³/mol. The van der Waals surface area contributed by atoms with Gasteiger partial charge in [0.05, 0.1) is 12.1 Å². The zero-order valence-corrected chi connectivity index (χ0v) is 13.5. The summed E-state index contributed by atoms with van der Waals surface area (Å²) in [5.74, 6) is -0.614. The molecule has 0 atom stereocenters. The molecule has 0 fully saturated rings. The number of carbonyl (C=O) groups excluding carboxylic acids is 1. The summed E-state index contributed by atoms with van der Waals surface area (Å²) in [6.45, 7) is 0. The zero-order valence-electron chi connectivity index (χ0n) is 11.9. The van der Waals surface area contributed by atoms with Gasteiger partial charge in [-0.05, 0) is 41.5 Å². The molecular weight excluding hydrogens is 335 g/mol. The maximum absolute atomic E-state index is 13.0. The number of amides is 1. The Hall–Kier alpha value is -2.24. The second-order valence-corrected chi connectivity index (χ2v) is 6.21. The van der Waals surface area contributed by atoms with E-state index in [2.05, 4.69) is 10.3 Å². The van der Waals surface area contributed by atoms with Crippen LogP contribution in [0.25, 0.3) is 10.4 Å². The SMILES string of the molecule is O=C(Cc1ccc(F)cc1Cl)Nc1csc(-c2ccncc2)c1. The summed E-state index contributed by atoms with van der Waals surface area (Å²) in [4.78, 5) is 17.1. The van der Waals surface area contributed by atoms with Crippen LogP contribution in [0.5, 0.6) is 0 Å². The maximum Gasteiger partial charge on any atom is 0.228 e. The van der Waals surface area contributed by atoms with Crippen LogP contribution in [-0.2, 0) is 11.2 Å². The molecule has 0 aliphatic carbocycles. The van der Waals surface area contributed by atoms with Gasteiger partial charge in [0.15, 0.2) is 0 Å². The Kier molecular flexibility index (Phi) is 4.69. The Bertz CT molecular complexity index is 836. The van der Waals surface area contributed by atoms with Gasteiger partial charge in [-0.25, -0.2) is 4.39 Å². The largest absolute Gasteiger partial charge is 0.325 e. The molecule has 2 aromatic heterocycles. The molecule has 0 saturated carbocycles. The van der Waals surface area contributed by atoms with E-state index >= 15 is 0 Å². The Morgan fingerprint density at radius 1 is 1.22 bits per heavy atom. The summed E-state index contributed by atoms with van der Waals surface area (Å²) in [6, 6.07) is 9.75. The molecule has 0 aliphatic heterocycles. The van der Waals surface area contributed by atoms with E-state index in [9.17, 15) is 9.18 Å². The van der Waals surface area contributed by atoms with Crippen LogP contribution < -0.4 is 5.32 Å². The molecule has 3 aromatic rings. The van der Waals surface area contributed by atoms with Crippen molar-refractivity contribution in [1.29, 1.82) is 0 Å². The van der Waals surface area contributed by atoms with Gasteiger partial charge >= 0.3 is 0 Å². The van der Waals surface area contributed by atoms with E-state index in [4.69, 9.17) is 11.6 Å². The Balaban J connectivity index is 1.68. The van der Waals surface area contributed by atoms with Crippen molar-refractivity contribution in [2.75, 3.05) is 5.32 Å². The van der Waals surface area contributed by atoms with Gasteiger partial charge in [0.2, 0.25) is 5.91 Å². The highest BCUT2D eigenvalue weighted by Crippen LogP contribution is 2.29. The maximum atomic E-state index is 13.0. The quantitative estimate of drug-likeness (QED) is 0.738. The van der Waals surface area contributed by atoms with Gasteiger partial charge in [-0.15, -0.1) is 11.3 Å². The minimum Gasteiger partial charge on any atom is -0.325 e. The van der Waals surface area contributed by atoms with E-state index in [1.807, 2.05) is 23.6 Å². The molecule has 0 saturated heterocycles. The summed E-state index contributed by atoms with van der Waals surface area (Å²) in [5.41, 5.74) is 2.37. The fourth-order valence-electron chi connectivity index (χ4n) is 2.11. The van der Waals surface area contributed by atoms with E-state index in [0.29, 0.717) is 5.56 Å². The molecule has 2 heterocycles. The van der Waals surface area contributed by atoms with E-state index < -0.39 is 5.82 Å². The lowest BCUT2D eigenvalue weighted by molar-refractivity contribution is -0.115. The average molecular weight is 347 g/mol. The van der Waals surface area contributed by atoms with Crippen LogP contribution in [-0.4, -0.2) is 10.9 Å². The number of benzene rings is 1. The van der Waals surface area contributed by atoms with Crippen molar-refractivity contribution in [2.45, 2.75) is 6.42 Å². The van der Waals surface area contributed by atoms with Crippen LogP contribution in [0, 0.1) is 5.82 Å². The van der Waals surface area contributed by atoms with Crippen LogP contribution in [0.1, 0.15) is 5.56 Å². The van der Waals surface area contributed by atoms with Gasteiger partial charge in [0.1, 0.15) is 5.82 Å². The first-order valence-electron chi connectivity index (χ1n) is 6.84. The van der Waals surface area contributed by atoms with Crippen molar-refractivity contribution < 1.29 is 9.18 Å². The number of hydrogen-bond donors (Lipinski definition) is 1. The van der Waals surface area contributed by atoms with Crippen LogP contribution >= 0.6 is 22.9 Å². The van der Waals surface area contributed by atoms with Crippen LogP contribution in [0.15, 0.2) is 54.2 Å². The average Bonchev–Trinajstić information content (AvgIpc) is 2.99. The highest BCUT2D eigenvalue weighted by atomic mass is 35.5. The van der Waals surface area contributed by atoms with E-state index in [-0.39, 0.29) is 17.4 Å². The van der Waals surface area contributed by atoms with Crippen LogP contribution in [0.2, 0.25) is 5.02 Å². The van der Waals surface area contributed by atoms with Gasteiger partial charge < -0.3 is 5.32 Å². The van der Waals surface area contributed by atoms with E-state index in [1.165, 1.54) is 29.5 Å². The van der Waals surface area contributed by atoms with Crippen molar-refractivity contribution in [3.8, 4) is 10.4 Å². The smallest absolute Gasteiger partial charge is 0.228 e. The molecule has 0 spiro atoms. The summed E-state index contributed by atoms with van der Waals surface area (Å²) >= 11 is 7.47. The Morgan fingerprint density at radius 2 is 2.00 bits per heavy atom. The molecule has 3 rings (SSSR count). The summed E-state index contributed by atoms with van der Waals surface area (Å²) in [7, 11) is 0. The van der Waals surface area contributed by atoms with Crippen molar-refractivity contribution in [3.63, 3.8) is 0 Å². The number of nitrogens with zero attached hydrogens (tertiary/aromatic N) is 1. The third kappa shape index (κ3) is 3.94. The number of rotatable bonds is 4. The lowest BCUT2D eigenvalue weighted by atomic mass is 10.1. The lowest BCUT2D eigenvalue weighted by Gasteiger charge is -2.05. The van der Waals surface area contributed by atoms with Crippen molar-refractivity contribution >= 4 is 34.5 Å². The molecule has 23 heavy (non-hydrogen) atoms. The number of hydrogen-bond acceptors (Lipinski definition) is 3. The Morgan fingerprint density at radius 3 is 2.74 bits per heavy atom. The number of aromatic nitrogens is 1. The van der Waals surface area contributed by atoms with Gasteiger partial charge in [-0.1, -0.05) is 17.7 Å². The van der Waals surface area contributed by atoms with Crippen molar-refractivity contribution in [1.82, 2.24) is 4.98 Å². The molecule has 0 bridgehead atoms. The number of nitrogens with one attached hydrogen (secondary N) is 1. The molecule has 0 radical (unpaired) electrons. The second-order valence-electron chi connectivity index (χ2n) is 4.90. The molecular formula is C17H12ClFN2OS. The normalized spacial score (nSPS) is 10.5. The van der Waals surface area contributed by atoms with Gasteiger partial charge in [0, 0.05) is 27.7 Å². The first kappa shape index (κ1) is 15.6. The third-order valence-corrected chi connectivity index (χ3v) is 4.55. The van der Waals surface area contributed by atoms with Crippen LogP contribution in [0.4, 0.5) is 10.1 Å². The van der Waals surface area contributed by atoms with Gasteiger partial charge in [-0.3, -0.25) is 9.78 Å². The lowest BCUT2D eigenvalue weighted by Crippen LogP contribution is -2.14. The standard InChI is InChI=1S/C17H12ClFN2OS/c18-15-8-13(19)2-1-12(15)7-17(22)21-14-9-16(23-10-14)11-3-5-20-6-4-11/h1-6,8-10H,7H2,(H,21,22). The topological polar surface area (TPSA) is 42.0 Å². The number of halogens is 2. The van der Waals surface area contributed by atoms with Crippen LogP contribution in [0.3, 0.4) is 0 Å². The molecule has 1 amide bonds. The highest BCUT2D eigenvalue weighted by molar-refractivity contribution is 7.14. The van der Waals surface area contributed by atoms with E-state index in [1.54, 1.807) is 12.4 Å². The molecule has 6 heteroatoms. The van der Waals surface area contributed by atoms with Crippen molar-refractivity contribution in [3.05, 3.63) is 70.6 Å². The third-order valence-electron chi connectivity index (χ3n) is 3.21. The monoisotopic (exact) mass is 346 g/mol. The first-order chi connectivity index (χ1) is 11.1. The molecule has 1 aromatic carbocycles. The van der Waals surface area contributed by atoms with Crippen molar-refractivity contribution in [2.24, 2.45) is 0 Å². The second kappa shape index (κ2) is 6.89. The molecule has 0 aliphatic rings. The molecule has 1 N–H and O–H groups in total. The fourth-order valence-corrected chi connectivity index (χ4v) is 3.19. The highest BCUT2D eigenvalue weighted by Gasteiger charge is 2.10. The number of anilines is 1. The zero-order chi connectivity index (χ0) is 16.2. The van der Waals surface area contributed by atoms with Gasteiger partial charge in [-0.2, -0.15) is 0 Å². The fraction of sp³-hybridized carbons (Fsp3) is 0.0588. The summed E-state index contributed by atoms with van der Waals surface area (Å²) < 4.78 is 13.0. The Labute approximate surface area is 141 Å². The molecule has 3 nitrogen and oxygen atoms in total. The molecule has 0 unspecified atom stereocenters. The first-order valence-corrected chi connectivity index (χ1v) is 8.10. The number of carbonyl (C=O) groups is 1. The van der Waals surface area contributed by atoms with E-state index in [0.717, 1.165) is 16.1 Å². The summed E-state index contributed by atoms with van der Waals surface area (Å²) in [6.07, 6.45) is 3.55. The van der Waals surface area contributed by atoms with Gasteiger partial charge in [0.25, 0.3) is 0 Å². The minimum absolute atomic E-state index is 0.0968. The minimum atomic E-state index is -0.418. The number of thiophene rings is 1. The summed E-state index contributed by atoms with van der Waals surface area (Å²) in [5, 5.41) is 4.95. The number of pyridine rings is 1.